The second kappa shape index (κ2) is 10.4. The molecule has 0 radical (unpaired) electrons. The molecule has 0 aliphatic heterocycles. The third-order valence-corrected chi connectivity index (χ3v) is 5.83. The summed E-state index contributed by atoms with van der Waals surface area (Å²) in [7, 11) is 0. The van der Waals surface area contributed by atoms with Crippen molar-refractivity contribution in [3.8, 4) is 5.75 Å². The van der Waals surface area contributed by atoms with Crippen molar-refractivity contribution in [2.75, 3.05) is 18.4 Å². The van der Waals surface area contributed by atoms with E-state index in [2.05, 4.69) is 14.9 Å². The lowest BCUT2D eigenvalue weighted by atomic mass is 10.1. The number of pyridine rings is 1. The van der Waals surface area contributed by atoms with Crippen LogP contribution in [0.25, 0.3) is 10.9 Å². The molecule has 0 saturated carbocycles. The van der Waals surface area contributed by atoms with E-state index < -0.39 is 6.09 Å². The van der Waals surface area contributed by atoms with Crippen LogP contribution in [0.5, 0.6) is 5.75 Å². The molecule has 8 heteroatoms. The van der Waals surface area contributed by atoms with Crippen molar-refractivity contribution in [2.45, 2.75) is 20.4 Å². The van der Waals surface area contributed by atoms with E-state index in [1.54, 1.807) is 35.5 Å². The Morgan fingerprint density at radius 3 is 2.38 bits per heavy atom. The van der Waals surface area contributed by atoms with Crippen molar-refractivity contribution in [3.63, 3.8) is 0 Å². The standard InChI is InChI=1S/C26H25ClN4O3/c1-3-30(4-2)26(33)34-23-10-9-22-21(24(23)29-25(32)19-11-14-28-15-12-19)13-16-31(22)17-18-5-7-20(27)8-6-18/h5-16H,3-4,17H2,1-2H3,(H,29,32). The molecule has 1 N–H and O–H groups in total. The van der Waals surface area contributed by atoms with Gasteiger partial charge in [-0.2, -0.15) is 0 Å². The first kappa shape index (κ1) is 23.3. The van der Waals surface area contributed by atoms with Crippen LogP contribution in [-0.2, 0) is 6.54 Å². The molecule has 34 heavy (non-hydrogen) atoms. The van der Waals surface area contributed by atoms with E-state index in [0.29, 0.717) is 35.9 Å². The smallest absolute Gasteiger partial charge is 0.408 e. The molecule has 4 rings (SSSR count). The van der Waals surface area contributed by atoms with Gasteiger partial charge in [0.1, 0.15) is 0 Å². The number of hydrogen-bond donors (Lipinski definition) is 1. The number of amides is 2. The summed E-state index contributed by atoms with van der Waals surface area (Å²) in [5.74, 6) is -0.0310. The van der Waals surface area contributed by atoms with E-state index in [4.69, 9.17) is 16.3 Å². The van der Waals surface area contributed by atoms with Crippen molar-refractivity contribution in [3.05, 3.63) is 89.3 Å². The molecule has 4 aromatic rings. The van der Waals surface area contributed by atoms with E-state index in [9.17, 15) is 9.59 Å². The molecule has 2 amide bonds. The lowest BCUT2D eigenvalue weighted by Crippen LogP contribution is -2.33. The Labute approximate surface area is 202 Å². The zero-order valence-corrected chi connectivity index (χ0v) is 19.7. The number of fused-ring (bicyclic) bond motifs is 1. The fourth-order valence-electron chi connectivity index (χ4n) is 3.72. The molecule has 2 heterocycles. The van der Waals surface area contributed by atoms with E-state index in [1.807, 2.05) is 56.4 Å². The number of nitrogens with one attached hydrogen (secondary N) is 1. The van der Waals surface area contributed by atoms with Crippen molar-refractivity contribution in [2.24, 2.45) is 0 Å². The molecule has 2 aromatic heterocycles. The number of rotatable bonds is 7. The van der Waals surface area contributed by atoms with E-state index in [-0.39, 0.29) is 11.7 Å². The number of halogens is 1. The first-order valence-corrected chi connectivity index (χ1v) is 11.4. The van der Waals surface area contributed by atoms with Gasteiger partial charge in [-0.1, -0.05) is 23.7 Å². The number of ether oxygens (including phenoxy) is 1. The van der Waals surface area contributed by atoms with Gasteiger partial charge in [-0.3, -0.25) is 9.78 Å². The highest BCUT2D eigenvalue weighted by Crippen LogP contribution is 2.35. The van der Waals surface area contributed by atoms with Crippen LogP contribution in [0.15, 0.2) is 73.2 Å². The van der Waals surface area contributed by atoms with E-state index in [0.717, 1.165) is 16.5 Å². The molecule has 0 saturated heterocycles. The topological polar surface area (TPSA) is 76.5 Å². The fourth-order valence-corrected chi connectivity index (χ4v) is 3.85. The molecule has 0 bridgehead atoms. The van der Waals surface area contributed by atoms with Crippen molar-refractivity contribution in [1.82, 2.24) is 14.5 Å². The second-order valence-corrected chi connectivity index (χ2v) is 8.11. The number of carbonyl (C=O) groups excluding carboxylic acids is 2. The zero-order valence-electron chi connectivity index (χ0n) is 19.0. The Balaban J connectivity index is 1.73. The molecule has 0 atom stereocenters. The van der Waals surface area contributed by atoms with Crippen LogP contribution in [0, 0.1) is 0 Å². The third-order valence-electron chi connectivity index (χ3n) is 5.58. The Morgan fingerprint density at radius 2 is 1.71 bits per heavy atom. The summed E-state index contributed by atoms with van der Waals surface area (Å²) in [4.78, 5) is 31.2. The van der Waals surface area contributed by atoms with Crippen LogP contribution in [0.4, 0.5) is 10.5 Å². The number of benzene rings is 2. The maximum absolute atomic E-state index is 13.0. The zero-order chi connectivity index (χ0) is 24.1. The lowest BCUT2D eigenvalue weighted by Gasteiger charge is -2.20. The average molecular weight is 477 g/mol. The highest BCUT2D eigenvalue weighted by molar-refractivity contribution is 6.30. The fraction of sp³-hybridized carbons (Fsp3) is 0.192. The summed E-state index contributed by atoms with van der Waals surface area (Å²) < 4.78 is 7.78. The van der Waals surface area contributed by atoms with Gasteiger partial charge in [-0.05, 0) is 61.9 Å². The minimum Gasteiger partial charge on any atom is -0.408 e. The molecular weight excluding hydrogens is 452 g/mol. The maximum Gasteiger partial charge on any atom is 0.415 e. The van der Waals surface area contributed by atoms with Crippen LogP contribution >= 0.6 is 11.6 Å². The SMILES string of the molecule is CCN(CC)C(=O)Oc1ccc2c(ccn2Cc2ccc(Cl)cc2)c1NC(=O)c1ccncc1. The number of carbonyl (C=O) groups is 2. The molecule has 0 unspecified atom stereocenters. The summed E-state index contributed by atoms with van der Waals surface area (Å²) >= 11 is 6.01. The van der Waals surface area contributed by atoms with E-state index in [1.165, 1.54) is 0 Å². The first-order valence-electron chi connectivity index (χ1n) is 11.0. The van der Waals surface area contributed by atoms with Gasteiger partial charge in [0.25, 0.3) is 5.91 Å². The van der Waals surface area contributed by atoms with Gasteiger partial charge in [0.05, 0.1) is 11.2 Å². The average Bonchev–Trinajstić information content (AvgIpc) is 3.26. The Hall–Kier alpha value is -3.84. The summed E-state index contributed by atoms with van der Waals surface area (Å²) in [6, 6.07) is 16.4. The number of hydrogen-bond acceptors (Lipinski definition) is 4. The van der Waals surface area contributed by atoms with Crippen molar-refractivity contribution in [1.29, 1.82) is 0 Å². The Morgan fingerprint density at radius 1 is 1.00 bits per heavy atom. The Bertz CT molecular complexity index is 1300. The lowest BCUT2D eigenvalue weighted by molar-refractivity contribution is 0.102. The normalized spacial score (nSPS) is 10.8. The van der Waals surface area contributed by atoms with Gasteiger partial charge in [0, 0.05) is 54.2 Å². The van der Waals surface area contributed by atoms with Gasteiger partial charge in [-0.25, -0.2) is 4.79 Å². The minimum atomic E-state index is -0.468. The third kappa shape index (κ3) is 5.05. The summed E-state index contributed by atoms with van der Waals surface area (Å²) in [6.07, 6.45) is 4.58. The van der Waals surface area contributed by atoms with Crippen LogP contribution in [-0.4, -0.2) is 39.5 Å². The predicted octanol–water partition coefficient (Wildman–Crippen LogP) is 5.83. The van der Waals surface area contributed by atoms with Gasteiger partial charge in [-0.15, -0.1) is 0 Å². The van der Waals surface area contributed by atoms with Crippen molar-refractivity contribution < 1.29 is 14.3 Å². The van der Waals surface area contributed by atoms with Crippen LogP contribution in [0.1, 0.15) is 29.8 Å². The molecule has 0 aliphatic rings. The van der Waals surface area contributed by atoms with Crippen LogP contribution in [0.3, 0.4) is 0 Å². The van der Waals surface area contributed by atoms with Gasteiger partial charge in [0.15, 0.2) is 5.75 Å². The van der Waals surface area contributed by atoms with E-state index >= 15 is 0 Å². The number of nitrogens with zero attached hydrogens (tertiary/aromatic N) is 3. The first-order chi connectivity index (χ1) is 16.5. The highest BCUT2D eigenvalue weighted by atomic mass is 35.5. The molecule has 7 nitrogen and oxygen atoms in total. The van der Waals surface area contributed by atoms with Crippen LogP contribution in [0.2, 0.25) is 5.02 Å². The summed E-state index contributed by atoms with van der Waals surface area (Å²) in [6.45, 7) is 5.44. The largest absolute Gasteiger partial charge is 0.415 e. The monoisotopic (exact) mass is 476 g/mol. The molecular formula is C26H25ClN4O3. The van der Waals surface area contributed by atoms with Gasteiger partial charge >= 0.3 is 6.09 Å². The quantitative estimate of drug-likeness (QED) is 0.364. The minimum absolute atomic E-state index is 0.288. The maximum atomic E-state index is 13.0. The van der Waals surface area contributed by atoms with Gasteiger partial charge < -0.3 is 19.5 Å². The number of aromatic nitrogens is 2. The van der Waals surface area contributed by atoms with Crippen LogP contribution < -0.4 is 10.1 Å². The molecule has 0 spiro atoms. The van der Waals surface area contributed by atoms with Gasteiger partial charge in [0.2, 0.25) is 0 Å². The molecule has 174 valence electrons. The summed E-state index contributed by atoms with van der Waals surface area (Å²) in [5, 5.41) is 4.39. The molecule has 2 aromatic carbocycles. The molecule has 0 aliphatic carbocycles. The molecule has 0 fully saturated rings. The van der Waals surface area contributed by atoms with Crippen molar-refractivity contribution >= 4 is 40.2 Å². The number of anilines is 1. The highest BCUT2D eigenvalue weighted by Gasteiger charge is 2.20. The Kier molecular flexibility index (Phi) is 7.13. The predicted molar refractivity (Wildman–Crippen MR) is 134 cm³/mol. The second-order valence-electron chi connectivity index (χ2n) is 7.67. The summed E-state index contributed by atoms with van der Waals surface area (Å²) in [5.41, 5.74) is 2.87.